The Morgan fingerprint density at radius 2 is 1.14 bits per heavy atom. The summed E-state index contributed by atoms with van der Waals surface area (Å²) in [5.74, 6) is 0. The molecule has 0 N–H and O–H groups in total. The molecular formula is C47H56N2S. The molecule has 0 amide bonds. The van der Waals surface area contributed by atoms with E-state index in [9.17, 15) is 5.26 Å². The minimum Gasteiger partial charge on any atom is -0.340 e. The molecule has 0 saturated heterocycles. The quantitative estimate of drug-likeness (QED) is 0.0498. The van der Waals surface area contributed by atoms with Gasteiger partial charge in [0.05, 0.1) is 23.0 Å². The van der Waals surface area contributed by atoms with Crippen molar-refractivity contribution in [2.24, 2.45) is 0 Å². The SMILES string of the molecule is C=Cc1ccc(-c2ccc(/C(C#N)=C/c3ccc4c(c3)Sc3ccccc3N4CCCCCCCCCCCCCCCCCC)cc2)cc1. The standard InChI is InChI=1S/C47H56N2S/c1-3-5-6-7-8-9-10-11-12-13-14-15-16-17-18-21-34-49-44-22-19-20-23-46(44)50-47-36-39(26-33-45(47)49)35-43(37-48)42-31-29-41(30-32-42)40-27-24-38(4-2)25-28-40/h4,19-20,22-33,35-36H,2-3,5-18,21,34H2,1H3/b43-35+. The highest BCUT2D eigenvalue weighted by Crippen LogP contribution is 2.48. The first-order valence-corrected chi connectivity index (χ1v) is 20.2. The first-order chi connectivity index (χ1) is 24.7. The third-order valence-electron chi connectivity index (χ3n) is 9.99. The lowest BCUT2D eigenvalue weighted by molar-refractivity contribution is 0.530. The zero-order valence-corrected chi connectivity index (χ0v) is 31.2. The highest BCUT2D eigenvalue weighted by Gasteiger charge is 2.23. The number of hydrogen-bond acceptors (Lipinski definition) is 3. The van der Waals surface area contributed by atoms with Crippen LogP contribution >= 0.6 is 11.8 Å². The van der Waals surface area contributed by atoms with E-state index in [1.807, 2.05) is 23.9 Å². The van der Waals surface area contributed by atoms with E-state index in [0.29, 0.717) is 5.57 Å². The molecule has 4 aromatic carbocycles. The van der Waals surface area contributed by atoms with Gasteiger partial charge in [-0.05, 0) is 64.6 Å². The zero-order valence-electron chi connectivity index (χ0n) is 30.3. The number of benzene rings is 4. The average molecular weight is 681 g/mol. The number of unbranched alkanes of at least 4 members (excludes halogenated alkanes) is 15. The molecule has 0 atom stereocenters. The van der Waals surface area contributed by atoms with Crippen LogP contribution in [0.5, 0.6) is 0 Å². The summed E-state index contributed by atoms with van der Waals surface area (Å²) in [5.41, 5.74) is 8.64. The van der Waals surface area contributed by atoms with Gasteiger partial charge in [0.25, 0.3) is 0 Å². The fourth-order valence-electron chi connectivity index (χ4n) is 7.00. The Balaban J connectivity index is 1.11. The van der Waals surface area contributed by atoms with Crippen LogP contribution in [0.3, 0.4) is 0 Å². The topological polar surface area (TPSA) is 27.0 Å². The second-order valence-electron chi connectivity index (χ2n) is 13.8. The van der Waals surface area contributed by atoms with Crippen molar-refractivity contribution in [2.45, 2.75) is 119 Å². The lowest BCUT2D eigenvalue weighted by atomic mass is 9.99. The summed E-state index contributed by atoms with van der Waals surface area (Å²) in [7, 11) is 0. The largest absolute Gasteiger partial charge is 0.340 e. The fraction of sp³-hybridized carbons (Fsp3) is 0.383. The first kappa shape index (κ1) is 37.3. The molecule has 0 bridgehead atoms. The molecule has 4 aromatic rings. The number of allylic oxidation sites excluding steroid dienone is 1. The molecule has 1 aliphatic heterocycles. The van der Waals surface area contributed by atoms with Crippen LogP contribution in [0.15, 0.2) is 107 Å². The molecule has 260 valence electrons. The van der Waals surface area contributed by atoms with Gasteiger partial charge >= 0.3 is 0 Å². The van der Waals surface area contributed by atoms with E-state index in [2.05, 4.69) is 115 Å². The van der Waals surface area contributed by atoms with Crippen LogP contribution in [0.25, 0.3) is 28.9 Å². The predicted octanol–water partition coefficient (Wildman–Crippen LogP) is 14.9. The number of fused-ring (bicyclic) bond motifs is 2. The lowest BCUT2D eigenvalue weighted by Gasteiger charge is -2.33. The lowest BCUT2D eigenvalue weighted by Crippen LogP contribution is -2.22. The van der Waals surface area contributed by atoms with Crippen LogP contribution in [-0.2, 0) is 0 Å². The van der Waals surface area contributed by atoms with Gasteiger partial charge in [-0.25, -0.2) is 0 Å². The molecule has 1 aliphatic rings. The third kappa shape index (κ3) is 11.0. The normalized spacial score (nSPS) is 12.3. The molecule has 5 rings (SSSR count). The molecule has 0 spiro atoms. The Morgan fingerprint density at radius 3 is 1.72 bits per heavy atom. The summed E-state index contributed by atoms with van der Waals surface area (Å²) >= 11 is 1.84. The van der Waals surface area contributed by atoms with E-state index in [4.69, 9.17) is 0 Å². The molecule has 2 nitrogen and oxygen atoms in total. The first-order valence-electron chi connectivity index (χ1n) is 19.3. The Labute approximate surface area is 307 Å². The van der Waals surface area contributed by atoms with Crippen molar-refractivity contribution in [3.63, 3.8) is 0 Å². The average Bonchev–Trinajstić information content (AvgIpc) is 3.16. The van der Waals surface area contributed by atoms with Crippen LogP contribution in [0, 0.1) is 11.3 Å². The number of hydrogen-bond donors (Lipinski definition) is 0. The van der Waals surface area contributed by atoms with Crippen LogP contribution in [0.1, 0.15) is 126 Å². The van der Waals surface area contributed by atoms with E-state index in [0.717, 1.165) is 34.4 Å². The molecule has 1 heterocycles. The van der Waals surface area contributed by atoms with Gasteiger partial charge in [-0.15, -0.1) is 0 Å². The van der Waals surface area contributed by atoms with Gasteiger partial charge in [0.15, 0.2) is 0 Å². The van der Waals surface area contributed by atoms with Crippen LogP contribution in [0.4, 0.5) is 11.4 Å². The van der Waals surface area contributed by atoms with Gasteiger partial charge in [-0.2, -0.15) is 5.26 Å². The maximum absolute atomic E-state index is 10.1. The smallest absolute Gasteiger partial charge is 0.0998 e. The predicted molar refractivity (Wildman–Crippen MR) is 219 cm³/mol. The molecule has 0 aliphatic carbocycles. The summed E-state index contributed by atoms with van der Waals surface area (Å²) in [5, 5.41) is 10.1. The van der Waals surface area contributed by atoms with E-state index in [1.165, 1.54) is 124 Å². The minimum atomic E-state index is 0.671. The van der Waals surface area contributed by atoms with E-state index >= 15 is 0 Å². The van der Waals surface area contributed by atoms with Crippen LogP contribution in [-0.4, -0.2) is 6.54 Å². The molecule has 50 heavy (non-hydrogen) atoms. The molecule has 0 aromatic heterocycles. The maximum Gasteiger partial charge on any atom is 0.0998 e. The van der Waals surface area contributed by atoms with Gasteiger partial charge < -0.3 is 4.90 Å². The van der Waals surface area contributed by atoms with Gasteiger partial charge in [-0.3, -0.25) is 0 Å². The van der Waals surface area contributed by atoms with Crippen molar-refractivity contribution in [3.05, 3.63) is 114 Å². The van der Waals surface area contributed by atoms with Crippen molar-refractivity contribution >= 4 is 40.9 Å². The van der Waals surface area contributed by atoms with Gasteiger partial charge in [0.2, 0.25) is 0 Å². The van der Waals surface area contributed by atoms with Crippen molar-refractivity contribution in [3.8, 4) is 17.2 Å². The molecule has 0 unspecified atom stereocenters. The number of rotatable bonds is 21. The fourth-order valence-corrected chi connectivity index (χ4v) is 8.14. The number of anilines is 2. The minimum absolute atomic E-state index is 0.671. The molecular weight excluding hydrogens is 625 g/mol. The Morgan fingerprint density at radius 1 is 0.620 bits per heavy atom. The Hall–Kier alpha value is -4.00. The van der Waals surface area contributed by atoms with Crippen molar-refractivity contribution in [1.82, 2.24) is 0 Å². The summed E-state index contributed by atoms with van der Waals surface area (Å²) in [4.78, 5) is 5.07. The summed E-state index contributed by atoms with van der Waals surface area (Å²) in [6.07, 6.45) is 26.1. The molecule has 0 saturated carbocycles. The zero-order chi connectivity index (χ0) is 34.8. The number of nitriles is 1. The van der Waals surface area contributed by atoms with E-state index in [-0.39, 0.29) is 0 Å². The number of para-hydroxylation sites is 1. The Kier molecular flexibility index (Phi) is 15.4. The van der Waals surface area contributed by atoms with Crippen LogP contribution in [0.2, 0.25) is 0 Å². The second kappa shape index (κ2) is 20.6. The highest BCUT2D eigenvalue weighted by molar-refractivity contribution is 7.99. The van der Waals surface area contributed by atoms with Crippen molar-refractivity contribution in [1.29, 1.82) is 5.26 Å². The third-order valence-corrected chi connectivity index (χ3v) is 11.1. The van der Waals surface area contributed by atoms with Gasteiger partial charge in [0.1, 0.15) is 0 Å². The van der Waals surface area contributed by atoms with Gasteiger partial charge in [-0.1, -0.05) is 194 Å². The van der Waals surface area contributed by atoms with Crippen molar-refractivity contribution < 1.29 is 0 Å². The monoisotopic (exact) mass is 680 g/mol. The molecule has 0 fully saturated rings. The van der Waals surface area contributed by atoms with Crippen molar-refractivity contribution in [2.75, 3.05) is 11.4 Å². The molecule has 0 radical (unpaired) electrons. The summed E-state index contributed by atoms with van der Waals surface area (Å²) < 4.78 is 0. The Bertz CT molecular complexity index is 1690. The van der Waals surface area contributed by atoms with E-state index in [1.54, 1.807) is 0 Å². The summed E-state index contributed by atoms with van der Waals surface area (Å²) in [6, 6.07) is 34.6. The van der Waals surface area contributed by atoms with E-state index < -0.39 is 0 Å². The second-order valence-corrected chi connectivity index (χ2v) is 14.9. The summed E-state index contributed by atoms with van der Waals surface area (Å²) in [6.45, 7) is 7.17. The maximum atomic E-state index is 10.1. The molecule has 3 heteroatoms. The number of nitrogens with zero attached hydrogens (tertiary/aromatic N) is 2. The van der Waals surface area contributed by atoms with Gasteiger partial charge in [0, 0.05) is 16.3 Å². The van der Waals surface area contributed by atoms with Crippen LogP contribution < -0.4 is 4.90 Å². The highest BCUT2D eigenvalue weighted by atomic mass is 32.2.